The fourth-order valence-corrected chi connectivity index (χ4v) is 3.62. The van der Waals surface area contributed by atoms with Crippen molar-refractivity contribution in [2.24, 2.45) is 5.73 Å². The number of rotatable bonds is 2. The van der Waals surface area contributed by atoms with Gasteiger partial charge in [0.25, 0.3) is 5.91 Å². The number of amides is 2. The Bertz CT molecular complexity index is 749. The minimum absolute atomic E-state index is 0.0739. The standard InChI is InChI=1S/C17H16N2O3S/c1-11-10-19(16(20)12-5-3-2-4-6-12)14-9-13(22-17(18)21)7-8-15(14)23-11/h2-9,11H,10H2,1H3,(H2,18,21). The summed E-state index contributed by atoms with van der Waals surface area (Å²) < 4.78 is 4.93. The first kappa shape index (κ1) is 15.4. The quantitative estimate of drug-likeness (QED) is 0.918. The summed E-state index contributed by atoms with van der Waals surface area (Å²) >= 11 is 1.69. The molecule has 118 valence electrons. The molecule has 2 amide bonds. The van der Waals surface area contributed by atoms with Gasteiger partial charge < -0.3 is 15.4 Å². The summed E-state index contributed by atoms with van der Waals surface area (Å²) in [5.41, 5.74) is 6.42. The molecule has 1 aliphatic heterocycles. The summed E-state index contributed by atoms with van der Waals surface area (Å²) in [6.07, 6.45) is -0.872. The van der Waals surface area contributed by atoms with Crippen molar-refractivity contribution in [3.8, 4) is 5.75 Å². The zero-order chi connectivity index (χ0) is 16.4. The Morgan fingerprint density at radius 1 is 1.22 bits per heavy atom. The summed E-state index contributed by atoms with van der Waals surface area (Å²) in [7, 11) is 0. The van der Waals surface area contributed by atoms with Gasteiger partial charge in [-0.05, 0) is 24.3 Å². The van der Waals surface area contributed by atoms with Crippen LogP contribution < -0.4 is 15.4 Å². The molecule has 6 heteroatoms. The highest BCUT2D eigenvalue weighted by Crippen LogP contribution is 2.41. The van der Waals surface area contributed by atoms with Gasteiger partial charge in [-0.25, -0.2) is 4.79 Å². The van der Waals surface area contributed by atoms with E-state index in [0.29, 0.717) is 17.9 Å². The highest BCUT2D eigenvalue weighted by atomic mass is 32.2. The van der Waals surface area contributed by atoms with E-state index in [4.69, 9.17) is 10.5 Å². The lowest BCUT2D eigenvalue weighted by Gasteiger charge is -2.33. The van der Waals surface area contributed by atoms with Crippen LogP contribution in [0.4, 0.5) is 10.5 Å². The van der Waals surface area contributed by atoms with Crippen LogP contribution in [0.2, 0.25) is 0 Å². The van der Waals surface area contributed by atoms with Gasteiger partial charge in [-0.1, -0.05) is 25.1 Å². The topological polar surface area (TPSA) is 72.6 Å². The first-order chi connectivity index (χ1) is 11.0. The number of thioether (sulfide) groups is 1. The summed E-state index contributed by atoms with van der Waals surface area (Å²) in [6.45, 7) is 2.66. The maximum Gasteiger partial charge on any atom is 0.409 e. The van der Waals surface area contributed by atoms with Crippen LogP contribution in [-0.2, 0) is 0 Å². The number of anilines is 1. The van der Waals surface area contributed by atoms with Crippen LogP contribution in [0.3, 0.4) is 0 Å². The Morgan fingerprint density at radius 2 is 1.96 bits per heavy atom. The van der Waals surface area contributed by atoms with Crippen molar-refractivity contribution >= 4 is 29.4 Å². The van der Waals surface area contributed by atoms with Crippen LogP contribution in [0.1, 0.15) is 17.3 Å². The molecule has 2 N–H and O–H groups in total. The van der Waals surface area contributed by atoms with E-state index < -0.39 is 6.09 Å². The lowest BCUT2D eigenvalue weighted by atomic mass is 10.1. The summed E-state index contributed by atoms with van der Waals surface area (Å²) in [5.74, 6) is 0.257. The number of carbonyl (C=O) groups excluding carboxylic acids is 2. The average molecular weight is 328 g/mol. The van der Waals surface area contributed by atoms with Gasteiger partial charge in [0.05, 0.1) is 5.69 Å². The van der Waals surface area contributed by atoms with Crippen molar-refractivity contribution in [3.05, 3.63) is 54.1 Å². The summed E-state index contributed by atoms with van der Waals surface area (Å²) in [4.78, 5) is 26.5. The van der Waals surface area contributed by atoms with E-state index in [0.717, 1.165) is 10.6 Å². The molecule has 5 nitrogen and oxygen atoms in total. The van der Waals surface area contributed by atoms with E-state index in [1.54, 1.807) is 40.9 Å². The second kappa shape index (κ2) is 6.34. The first-order valence-electron chi connectivity index (χ1n) is 7.19. The van der Waals surface area contributed by atoms with Gasteiger partial charge in [-0.15, -0.1) is 11.8 Å². The maximum atomic E-state index is 12.8. The van der Waals surface area contributed by atoms with Gasteiger partial charge in [0.2, 0.25) is 0 Å². The molecule has 1 aliphatic rings. The maximum absolute atomic E-state index is 12.8. The molecule has 0 radical (unpaired) electrons. The molecule has 3 rings (SSSR count). The third-order valence-corrected chi connectivity index (χ3v) is 4.62. The fraction of sp³-hybridized carbons (Fsp3) is 0.176. The van der Waals surface area contributed by atoms with E-state index in [1.807, 2.05) is 24.3 Å². The number of benzene rings is 2. The number of hydrogen-bond acceptors (Lipinski definition) is 4. The molecular formula is C17H16N2O3S. The van der Waals surface area contributed by atoms with Gasteiger partial charge in [-0.3, -0.25) is 4.79 Å². The Labute approximate surface area is 138 Å². The molecule has 0 aliphatic carbocycles. The molecule has 0 fully saturated rings. The molecule has 0 aromatic heterocycles. The third-order valence-electron chi connectivity index (χ3n) is 3.47. The zero-order valence-corrected chi connectivity index (χ0v) is 13.4. The molecule has 1 atom stereocenters. The molecule has 0 saturated heterocycles. The lowest BCUT2D eigenvalue weighted by molar-refractivity contribution is 0.0986. The molecule has 0 spiro atoms. The Balaban J connectivity index is 1.99. The van der Waals surface area contributed by atoms with Gasteiger partial charge in [-0.2, -0.15) is 0 Å². The minimum atomic E-state index is -0.872. The predicted molar refractivity (Wildman–Crippen MR) is 90.1 cm³/mol. The molecule has 23 heavy (non-hydrogen) atoms. The van der Waals surface area contributed by atoms with E-state index in [1.165, 1.54) is 0 Å². The van der Waals surface area contributed by atoms with Crippen molar-refractivity contribution in [1.82, 2.24) is 0 Å². The van der Waals surface area contributed by atoms with Crippen LogP contribution in [0, 0.1) is 0 Å². The average Bonchev–Trinajstić information content (AvgIpc) is 2.54. The number of nitrogens with zero attached hydrogens (tertiary/aromatic N) is 1. The molecule has 1 unspecified atom stereocenters. The highest BCUT2D eigenvalue weighted by Gasteiger charge is 2.28. The number of hydrogen-bond donors (Lipinski definition) is 1. The second-order valence-electron chi connectivity index (χ2n) is 5.26. The molecular weight excluding hydrogens is 312 g/mol. The molecule has 2 aromatic carbocycles. The molecule has 0 bridgehead atoms. The Hall–Kier alpha value is -2.47. The van der Waals surface area contributed by atoms with Gasteiger partial charge in [0.15, 0.2) is 0 Å². The molecule has 2 aromatic rings. The van der Waals surface area contributed by atoms with Crippen molar-refractivity contribution in [1.29, 1.82) is 0 Å². The SMILES string of the molecule is CC1CN(C(=O)c2ccccc2)c2cc(OC(N)=O)ccc2S1. The number of ether oxygens (including phenoxy) is 1. The van der Waals surface area contributed by atoms with Crippen LogP contribution in [0.15, 0.2) is 53.4 Å². The molecule has 0 saturated carbocycles. The smallest absolute Gasteiger partial charge is 0.409 e. The van der Waals surface area contributed by atoms with E-state index in [2.05, 4.69) is 6.92 Å². The minimum Gasteiger partial charge on any atom is -0.410 e. The summed E-state index contributed by atoms with van der Waals surface area (Å²) in [5, 5.41) is 0.276. The van der Waals surface area contributed by atoms with Gasteiger partial charge in [0, 0.05) is 28.3 Å². The molecule has 1 heterocycles. The number of primary amides is 1. The number of fused-ring (bicyclic) bond motifs is 1. The lowest BCUT2D eigenvalue weighted by Crippen LogP contribution is -2.38. The largest absolute Gasteiger partial charge is 0.410 e. The van der Waals surface area contributed by atoms with Gasteiger partial charge >= 0.3 is 6.09 Å². The first-order valence-corrected chi connectivity index (χ1v) is 8.07. The van der Waals surface area contributed by atoms with Crippen molar-refractivity contribution in [3.63, 3.8) is 0 Å². The Kier molecular flexibility index (Phi) is 4.25. The predicted octanol–water partition coefficient (Wildman–Crippen LogP) is 3.29. The highest BCUT2D eigenvalue weighted by molar-refractivity contribution is 8.00. The van der Waals surface area contributed by atoms with E-state index in [-0.39, 0.29) is 11.2 Å². The normalized spacial score (nSPS) is 16.6. The van der Waals surface area contributed by atoms with Crippen LogP contribution in [0.25, 0.3) is 0 Å². The fourth-order valence-electron chi connectivity index (χ4n) is 2.53. The second-order valence-corrected chi connectivity index (χ2v) is 6.74. The van der Waals surface area contributed by atoms with Crippen molar-refractivity contribution < 1.29 is 14.3 Å². The zero-order valence-electron chi connectivity index (χ0n) is 12.6. The van der Waals surface area contributed by atoms with Crippen LogP contribution in [-0.4, -0.2) is 23.8 Å². The number of nitrogens with two attached hydrogens (primary N) is 1. The van der Waals surface area contributed by atoms with Crippen molar-refractivity contribution in [2.75, 3.05) is 11.4 Å². The Morgan fingerprint density at radius 3 is 2.65 bits per heavy atom. The van der Waals surface area contributed by atoms with Crippen molar-refractivity contribution in [2.45, 2.75) is 17.1 Å². The van der Waals surface area contributed by atoms with Crippen LogP contribution in [0.5, 0.6) is 5.75 Å². The monoisotopic (exact) mass is 328 g/mol. The van der Waals surface area contributed by atoms with E-state index >= 15 is 0 Å². The summed E-state index contributed by atoms with van der Waals surface area (Å²) in [6, 6.07) is 14.3. The van der Waals surface area contributed by atoms with E-state index in [9.17, 15) is 9.59 Å². The number of carbonyl (C=O) groups is 2. The third kappa shape index (κ3) is 3.32. The van der Waals surface area contributed by atoms with Crippen LogP contribution >= 0.6 is 11.8 Å². The van der Waals surface area contributed by atoms with Gasteiger partial charge in [0.1, 0.15) is 5.75 Å².